The monoisotopic (exact) mass is 237 g/mol. The number of benzene rings is 1. The Morgan fingerprint density at radius 1 is 1.38 bits per heavy atom. The lowest BCUT2D eigenvalue weighted by atomic mass is 10.1. The molecule has 0 radical (unpaired) electrons. The first-order valence-electron chi connectivity index (χ1n) is 5.89. The van der Waals surface area contributed by atoms with Crippen LogP contribution in [0.25, 0.3) is 0 Å². The summed E-state index contributed by atoms with van der Waals surface area (Å²) < 4.78 is 5.70. The van der Waals surface area contributed by atoms with E-state index in [2.05, 4.69) is 19.1 Å². The smallest absolute Gasteiger partial charge is 0.119 e. The molecule has 0 aliphatic heterocycles. The van der Waals surface area contributed by atoms with Crippen LogP contribution in [0.1, 0.15) is 31.4 Å². The van der Waals surface area contributed by atoms with Crippen LogP contribution in [0.4, 0.5) is 0 Å². The lowest BCUT2D eigenvalue weighted by molar-refractivity contribution is 0.303. The summed E-state index contributed by atoms with van der Waals surface area (Å²) in [5.74, 6) is 3.08. The SMILES string of the molecule is CCSCC(N)c1ccc(OC2CC2)cc1. The van der Waals surface area contributed by atoms with Crippen LogP contribution in [0, 0.1) is 0 Å². The van der Waals surface area contributed by atoms with Crippen molar-refractivity contribution < 1.29 is 4.74 Å². The van der Waals surface area contributed by atoms with Gasteiger partial charge in [-0.25, -0.2) is 0 Å². The third-order valence-electron chi connectivity index (χ3n) is 2.64. The molecule has 0 bridgehead atoms. The molecule has 1 aliphatic rings. The normalized spacial score (nSPS) is 17.1. The molecule has 3 heteroatoms. The van der Waals surface area contributed by atoms with Gasteiger partial charge < -0.3 is 10.5 Å². The van der Waals surface area contributed by atoms with Crippen LogP contribution in [-0.4, -0.2) is 17.6 Å². The number of nitrogens with two attached hydrogens (primary N) is 1. The second-order valence-electron chi connectivity index (χ2n) is 4.15. The molecule has 0 aromatic heterocycles. The van der Waals surface area contributed by atoms with Crippen LogP contribution in [0.2, 0.25) is 0 Å². The molecule has 1 fully saturated rings. The summed E-state index contributed by atoms with van der Waals surface area (Å²) in [5.41, 5.74) is 7.28. The third kappa shape index (κ3) is 3.42. The molecule has 0 saturated heterocycles. The first-order chi connectivity index (χ1) is 7.79. The summed E-state index contributed by atoms with van der Waals surface area (Å²) >= 11 is 1.88. The van der Waals surface area contributed by atoms with E-state index in [4.69, 9.17) is 10.5 Å². The van der Waals surface area contributed by atoms with Crippen LogP contribution >= 0.6 is 11.8 Å². The molecule has 88 valence electrons. The van der Waals surface area contributed by atoms with Crippen molar-refractivity contribution >= 4 is 11.8 Å². The van der Waals surface area contributed by atoms with Crippen LogP contribution in [0.5, 0.6) is 5.75 Å². The Kier molecular flexibility index (Phi) is 4.13. The fourth-order valence-electron chi connectivity index (χ4n) is 1.51. The fourth-order valence-corrected chi connectivity index (χ4v) is 2.20. The van der Waals surface area contributed by atoms with Gasteiger partial charge in [-0.1, -0.05) is 19.1 Å². The summed E-state index contributed by atoms with van der Waals surface area (Å²) in [5, 5.41) is 0. The summed E-state index contributed by atoms with van der Waals surface area (Å²) in [6.07, 6.45) is 2.87. The lowest BCUT2D eigenvalue weighted by Crippen LogP contribution is -2.13. The van der Waals surface area contributed by atoms with E-state index in [1.807, 2.05) is 23.9 Å². The minimum Gasteiger partial charge on any atom is -0.490 e. The number of rotatable bonds is 6. The van der Waals surface area contributed by atoms with Gasteiger partial charge in [0.25, 0.3) is 0 Å². The van der Waals surface area contributed by atoms with Crippen molar-refractivity contribution in [1.29, 1.82) is 0 Å². The quantitative estimate of drug-likeness (QED) is 0.826. The van der Waals surface area contributed by atoms with Gasteiger partial charge >= 0.3 is 0 Å². The third-order valence-corrected chi connectivity index (χ3v) is 3.64. The van der Waals surface area contributed by atoms with Crippen LogP contribution < -0.4 is 10.5 Å². The molecule has 1 unspecified atom stereocenters. The molecule has 1 saturated carbocycles. The molecular formula is C13H19NOS. The molecule has 1 aromatic carbocycles. The minimum atomic E-state index is 0.139. The van der Waals surface area contributed by atoms with Crippen molar-refractivity contribution in [2.75, 3.05) is 11.5 Å². The summed E-state index contributed by atoms with van der Waals surface area (Å²) in [6.45, 7) is 2.16. The maximum absolute atomic E-state index is 6.08. The van der Waals surface area contributed by atoms with E-state index in [1.165, 1.54) is 18.4 Å². The zero-order chi connectivity index (χ0) is 11.4. The first kappa shape index (κ1) is 11.8. The van der Waals surface area contributed by atoms with Gasteiger partial charge in [0.15, 0.2) is 0 Å². The fraction of sp³-hybridized carbons (Fsp3) is 0.538. The molecule has 0 amide bonds. The maximum atomic E-state index is 6.08. The van der Waals surface area contributed by atoms with Crippen LogP contribution in [0.3, 0.4) is 0 Å². The average molecular weight is 237 g/mol. The molecular weight excluding hydrogens is 218 g/mol. The van der Waals surface area contributed by atoms with E-state index in [9.17, 15) is 0 Å². The molecule has 0 spiro atoms. The highest BCUT2D eigenvalue weighted by Crippen LogP contribution is 2.27. The molecule has 1 aromatic rings. The van der Waals surface area contributed by atoms with E-state index in [-0.39, 0.29) is 6.04 Å². The summed E-state index contributed by atoms with van der Waals surface area (Å²) in [4.78, 5) is 0. The Hall–Kier alpha value is -0.670. The number of hydrogen-bond acceptors (Lipinski definition) is 3. The molecule has 2 N–H and O–H groups in total. The zero-order valence-electron chi connectivity index (χ0n) is 9.69. The molecule has 2 rings (SSSR count). The molecule has 16 heavy (non-hydrogen) atoms. The van der Waals surface area contributed by atoms with Gasteiger partial charge in [-0.05, 0) is 36.3 Å². The van der Waals surface area contributed by atoms with Gasteiger partial charge in [-0.3, -0.25) is 0 Å². The first-order valence-corrected chi connectivity index (χ1v) is 7.05. The Morgan fingerprint density at radius 3 is 2.62 bits per heavy atom. The second kappa shape index (κ2) is 5.60. The van der Waals surface area contributed by atoms with Crippen LogP contribution in [-0.2, 0) is 0 Å². The van der Waals surface area contributed by atoms with Crippen LogP contribution in [0.15, 0.2) is 24.3 Å². The van der Waals surface area contributed by atoms with Crippen molar-refractivity contribution in [3.63, 3.8) is 0 Å². The predicted octanol–water partition coefficient (Wildman–Crippen LogP) is 2.98. The van der Waals surface area contributed by atoms with Gasteiger partial charge in [-0.2, -0.15) is 11.8 Å². The highest BCUT2D eigenvalue weighted by molar-refractivity contribution is 7.99. The van der Waals surface area contributed by atoms with E-state index in [0.717, 1.165) is 17.3 Å². The Balaban J connectivity index is 1.89. The highest BCUT2D eigenvalue weighted by Gasteiger charge is 2.23. The Morgan fingerprint density at radius 2 is 2.06 bits per heavy atom. The second-order valence-corrected chi connectivity index (χ2v) is 5.47. The number of hydrogen-bond donors (Lipinski definition) is 1. The lowest BCUT2D eigenvalue weighted by Gasteiger charge is -2.12. The van der Waals surface area contributed by atoms with Crippen molar-refractivity contribution in [2.24, 2.45) is 5.73 Å². The molecule has 0 heterocycles. The molecule has 2 nitrogen and oxygen atoms in total. The van der Waals surface area contributed by atoms with Gasteiger partial charge in [0, 0.05) is 11.8 Å². The molecule has 1 atom stereocenters. The standard InChI is InChI=1S/C13H19NOS/c1-2-16-9-13(14)10-3-5-11(6-4-10)15-12-7-8-12/h3-6,12-13H,2,7-9,14H2,1H3. The summed E-state index contributed by atoms with van der Waals surface area (Å²) in [7, 11) is 0. The minimum absolute atomic E-state index is 0.139. The van der Waals surface area contributed by atoms with Crippen molar-refractivity contribution in [1.82, 2.24) is 0 Å². The zero-order valence-corrected chi connectivity index (χ0v) is 10.5. The highest BCUT2D eigenvalue weighted by atomic mass is 32.2. The van der Waals surface area contributed by atoms with Gasteiger partial charge in [-0.15, -0.1) is 0 Å². The van der Waals surface area contributed by atoms with Gasteiger partial charge in [0.2, 0.25) is 0 Å². The topological polar surface area (TPSA) is 35.2 Å². The van der Waals surface area contributed by atoms with E-state index in [0.29, 0.717) is 6.10 Å². The van der Waals surface area contributed by atoms with Gasteiger partial charge in [0.05, 0.1) is 6.10 Å². The van der Waals surface area contributed by atoms with E-state index in [1.54, 1.807) is 0 Å². The van der Waals surface area contributed by atoms with E-state index < -0.39 is 0 Å². The maximum Gasteiger partial charge on any atom is 0.119 e. The van der Waals surface area contributed by atoms with E-state index >= 15 is 0 Å². The Bertz CT molecular complexity index is 321. The van der Waals surface area contributed by atoms with Gasteiger partial charge in [0.1, 0.15) is 5.75 Å². The van der Waals surface area contributed by atoms with Crippen molar-refractivity contribution in [2.45, 2.75) is 31.9 Å². The van der Waals surface area contributed by atoms with Crippen molar-refractivity contribution in [3.05, 3.63) is 29.8 Å². The Labute approximate surface area is 102 Å². The number of ether oxygens (including phenoxy) is 1. The molecule has 1 aliphatic carbocycles. The average Bonchev–Trinajstić information content (AvgIpc) is 3.11. The van der Waals surface area contributed by atoms with Crippen molar-refractivity contribution in [3.8, 4) is 5.75 Å². The predicted molar refractivity (Wildman–Crippen MR) is 70.0 cm³/mol. The summed E-state index contributed by atoms with van der Waals surface area (Å²) in [6, 6.07) is 8.37. The number of thioether (sulfide) groups is 1. The largest absolute Gasteiger partial charge is 0.490 e.